The number of nitrogens with one attached hydrogen (secondary N) is 2. The highest BCUT2D eigenvalue weighted by atomic mass is 19.3. The van der Waals surface area contributed by atoms with Crippen molar-refractivity contribution < 1.29 is 23.1 Å². The SMILES string of the molecule is O=C(Nc1ccccc1C(=O)NCCc1ccccc1)c1cccc(OC(F)F)c1. The second-order valence-electron chi connectivity index (χ2n) is 6.40. The monoisotopic (exact) mass is 410 g/mol. The molecule has 0 saturated carbocycles. The molecule has 0 aliphatic rings. The van der Waals surface area contributed by atoms with Crippen LogP contribution in [0.15, 0.2) is 78.9 Å². The highest BCUT2D eigenvalue weighted by Gasteiger charge is 2.15. The lowest BCUT2D eigenvalue weighted by atomic mass is 10.1. The molecule has 0 aliphatic carbocycles. The molecule has 0 radical (unpaired) electrons. The zero-order valence-corrected chi connectivity index (χ0v) is 16.0. The molecule has 2 N–H and O–H groups in total. The smallest absolute Gasteiger partial charge is 0.387 e. The minimum atomic E-state index is -2.98. The molecule has 3 rings (SSSR count). The Morgan fingerprint density at radius 2 is 1.60 bits per heavy atom. The second-order valence-corrected chi connectivity index (χ2v) is 6.40. The highest BCUT2D eigenvalue weighted by molar-refractivity contribution is 6.09. The van der Waals surface area contributed by atoms with Crippen LogP contribution >= 0.6 is 0 Å². The van der Waals surface area contributed by atoms with E-state index in [4.69, 9.17) is 0 Å². The van der Waals surface area contributed by atoms with Crippen molar-refractivity contribution in [1.29, 1.82) is 0 Å². The minimum absolute atomic E-state index is 0.121. The summed E-state index contributed by atoms with van der Waals surface area (Å²) in [6, 6.07) is 21.8. The maximum atomic E-state index is 12.6. The highest BCUT2D eigenvalue weighted by Crippen LogP contribution is 2.19. The molecule has 0 spiro atoms. The fraction of sp³-hybridized carbons (Fsp3) is 0.130. The van der Waals surface area contributed by atoms with Crippen LogP contribution in [0.25, 0.3) is 0 Å². The van der Waals surface area contributed by atoms with Gasteiger partial charge in [0.1, 0.15) is 5.75 Å². The van der Waals surface area contributed by atoms with Crippen LogP contribution in [-0.4, -0.2) is 25.0 Å². The molecular weight excluding hydrogens is 390 g/mol. The first-order valence-corrected chi connectivity index (χ1v) is 9.30. The summed E-state index contributed by atoms with van der Waals surface area (Å²) in [5.74, 6) is -0.986. The minimum Gasteiger partial charge on any atom is -0.435 e. The lowest BCUT2D eigenvalue weighted by Gasteiger charge is -2.12. The number of anilines is 1. The predicted octanol–water partition coefficient (Wildman–Crippen LogP) is 4.51. The largest absolute Gasteiger partial charge is 0.435 e. The number of halogens is 2. The molecule has 0 aliphatic heterocycles. The first-order valence-electron chi connectivity index (χ1n) is 9.30. The summed E-state index contributed by atoms with van der Waals surface area (Å²) in [6.45, 7) is -2.54. The van der Waals surface area contributed by atoms with Gasteiger partial charge in [0, 0.05) is 12.1 Å². The zero-order valence-electron chi connectivity index (χ0n) is 16.0. The van der Waals surface area contributed by atoms with E-state index in [1.807, 2.05) is 30.3 Å². The van der Waals surface area contributed by atoms with Crippen molar-refractivity contribution in [3.05, 3.63) is 95.6 Å². The fourth-order valence-corrected chi connectivity index (χ4v) is 2.86. The summed E-state index contributed by atoms with van der Waals surface area (Å²) in [7, 11) is 0. The Kier molecular flexibility index (Phi) is 7.10. The Morgan fingerprint density at radius 3 is 2.37 bits per heavy atom. The number of para-hydroxylation sites is 1. The van der Waals surface area contributed by atoms with E-state index in [1.165, 1.54) is 24.3 Å². The topological polar surface area (TPSA) is 67.4 Å². The molecule has 154 valence electrons. The molecule has 7 heteroatoms. The van der Waals surface area contributed by atoms with E-state index in [9.17, 15) is 18.4 Å². The van der Waals surface area contributed by atoms with Gasteiger partial charge in [0.15, 0.2) is 0 Å². The molecule has 5 nitrogen and oxygen atoms in total. The number of benzene rings is 3. The average molecular weight is 410 g/mol. The van der Waals surface area contributed by atoms with Gasteiger partial charge in [-0.1, -0.05) is 48.5 Å². The van der Waals surface area contributed by atoms with Crippen molar-refractivity contribution in [1.82, 2.24) is 5.32 Å². The number of ether oxygens (including phenoxy) is 1. The number of carbonyl (C=O) groups is 2. The first-order chi connectivity index (χ1) is 14.5. The fourth-order valence-electron chi connectivity index (χ4n) is 2.86. The van der Waals surface area contributed by atoms with Crippen LogP contribution in [0.3, 0.4) is 0 Å². The molecule has 0 heterocycles. The lowest BCUT2D eigenvalue weighted by Crippen LogP contribution is -2.27. The molecule has 0 fully saturated rings. The van der Waals surface area contributed by atoms with E-state index < -0.39 is 12.5 Å². The van der Waals surface area contributed by atoms with Gasteiger partial charge in [-0.15, -0.1) is 0 Å². The number of hydrogen-bond acceptors (Lipinski definition) is 3. The van der Waals surface area contributed by atoms with Crippen molar-refractivity contribution in [3.8, 4) is 5.75 Å². The summed E-state index contributed by atoms with van der Waals surface area (Å²) in [5, 5.41) is 5.49. The number of alkyl halides is 2. The molecule has 0 atom stereocenters. The van der Waals surface area contributed by atoms with Crippen LogP contribution in [0, 0.1) is 0 Å². The molecule has 3 aromatic carbocycles. The summed E-state index contributed by atoms with van der Waals surface area (Å²) in [4.78, 5) is 25.1. The van der Waals surface area contributed by atoms with Crippen LogP contribution in [0.2, 0.25) is 0 Å². The molecule has 30 heavy (non-hydrogen) atoms. The second kappa shape index (κ2) is 10.2. The number of rotatable bonds is 8. The third-order valence-electron chi connectivity index (χ3n) is 4.28. The van der Waals surface area contributed by atoms with E-state index in [0.29, 0.717) is 24.2 Å². The maximum Gasteiger partial charge on any atom is 0.387 e. The lowest BCUT2D eigenvalue weighted by molar-refractivity contribution is -0.0498. The third-order valence-corrected chi connectivity index (χ3v) is 4.28. The number of hydrogen-bond donors (Lipinski definition) is 2. The Balaban J connectivity index is 1.66. The van der Waals surface area contributed by atoms with Crippen LogP contribution in [0.5, 0.6) is 5.75 Å². The van der Waals surface area contributed by atoms with E-state index in [0.717, 1.165) is 5.56 Å². The first kappa shape index (κ1) is 21.0. The number of carbonyl (C=O) groups excluding carboxylic acids is 2. The van der Waals surface area contributed by atoms with Gasteiger partial charge in [0.25, 0.3) is 11.8 Å². The molecule has 3 aromatic rings. The van der Waals surface area contributed by atoms with Crippen molar-refractivity contribution in [3.63, 3.8) is 0 Å². The van der Waals surface area contributed by atoms with Crippen molar-refractivity contribution in [2.75, 3.05) is 11.9 Å². The molecule has 2 amide bonds. The van der Waals surface area contributed by atoms with Gasteiger partial charge in [-0.25, -0.2) is 0 Å². The van der Waals surface area contributed by atoms with Crippen molar-refractivity contribution >= 4 is 17.5 Å². The van der Waals surface area contributed by atoms with E-state index in [2.05, 4.69) is 15.4 Å². The molecule has 0 unspecified atom stereocenters. The van der Waals surface area contributed by atoms with Crippen LogP contribution < -0.4 is 15.4 Å². The predicted molar refractivity (Wildman–Crippen MR) is 110 cm³/mol. The number of amides is 2. The summed E-state index contributed by atoms with van der Waals surface area (Å²) < 4.78 is 29.1. The quantitative estimate of drug-likeness (QED) is 0.574. The molecular formula is C23H20F2N2O3. The van der Waals surface area contributed by atoms with E-state index >= 15 is 0 Å². The Bertz CT molecular complexity index is 1010. The normalized spacial score (nSPS) is 10.5. The molecule has 0 aromatic heterocycles. The Morgan fingerprint density at radius 1 is 0.867 bits per heavy atom. The average Bonchev–Trinajstić information content (AvgIpc) is 2.74. The van der Waals surface area contributed by atoms with Crippen molar-refractivity contribution in [2.45, 2.75) is 13.0 Å². The van der Waals surface area contributed by atoms with Gasteiger partial charge in [-0.05, 0) is 42.3 Å². The zero-order chi connectivity index (χ0) is 21.3. The van der Waals surface area contributed by atoms with Crippen LogP contribution in [0.1, 0.15) is 26.3 Å². The van der Waals surface area contributed by atoms with E-state index in [-0.39, 0.29) is 17.2 Å². The Hall–Kier alpha value is -3.74. The van der Waals surface area contributed by atoms with Crippen LogP contribution in [0.4, 0.5) is 14.5 Å². The van der Waals surface area contributed by atoms with Crippen LogP contribution in [-0.2, 0) is 6.42 Å². The standard InChI is InChI=1S/C23H20F2N2O3/c24-23(25)30-18-10-6-9-17(15-18)21(28)27-20-12-5-4-11-19(20)22(29)26-14-13-16-7-2-1-3-8-16/h1-12,15,23H,13-14H2,(H,26,29)(H,27,28). The maximum absolute atomic E-state index is 12.6. The summed E-state index contributed by atoms with van der Waals surface area (Å²) >= 11 is 0. The van der Waals surface area contributed by atoms with Gasteiger partial charge < -0.3 is 15.4 Å². The van der Waals surface area contributed by atoms with Gasteiger partial charge in [-0.2, -0.15) is 8.78 Å². The molecule has 0 saturated heterocycles. The van der Waals surface area contributed by atoms with Gasteiger partial charge in [-0.3, -0.25) is 9.59 Å². The summed E-state index contributed by atoms with van der Waals surface area (Å²) in [6.07, 6.45) is 0.679. The van der Waals surface area contributed by atoms with Gasteiger partial charge >= 0.3 is 6.61 Å². The van der Waals surface area contributed by atoms with Crippen molar-refractivity contribution in [2.24, 2.45) is 0 Å². The van der Waals surface area contributed by atoms with Gasteiger partial charge in [0.2, 0.25) is 0 Å². The molecule has 0 bridgehead atoms. The van der Waals surface area contributed by atoms with E-state index in [1.54, 1.807) is 24.3 Å². The Labute approximate surface area is 172 Å². The van der Waals surface area contributed by atoms with Gasteiger partial charge in [0.05, 0.1) is 11.3 Å². The summed E-state index contributed by atoms with van der Waals surface area (Å²) in [5.41, 5.74) is 1.86. The third kappa shape index (κ3) is 5.88.